The number of hydrogen-bond acceptors (Lipinski definition) is 2. The zero-order chi connectivity index (χ0) is 13.6. The molecule has 0 aromatic carbocycles. The van der Waals surface area contributed by atoms with Crippen LogP contribution in [0.2, 0.25) is 5.31 Å². The molecule has 18 heavy (non-hydrogen) atoms. The molecular formula is C15H31BN2. The summed E-state index contributed by atoms with van der Waals surface area (Å²) in [4.78, 5) is 0. The highest BCUT2D eigenvalue weighted by Gasteiger charge is 2.24. The summed E-state index contributed by atoms with van der Waals surface area (Å²) in [6.07, 6.45) is 11.4. The van der Waals surface area contributed by atoms with Gasteiger partial charge in [-0.25, -0.2) is 0 Å². The van der Waals surface area contributed by atoms with Crippen molar-refractivity contribution in [1.29, 1.82) is 0 Å². The molecule has 3 atom stereocenters. The lowest BCUT2D eigenvalue weighted by atomic mass is 9.63. The van der Waals surface area contributed by atoms with E-state index in [2.05, 4.69) is 13.8 Å². The second-order valence-electron chi connectivity index (χ2n) is 7.06. The lowest BCUT2D eigenvalue weighted by Gasteiger charge is -2.31. The predicted octanol–water partition coefficient (Wildman–Crippen LogP) is 3.29. The third kappa shape index (κ3) is 6.79. The van der Waals surface area contributed by atoms with Gasteiger partial charge in [0.1, 0.15) is 0 Å². The second kappa shape index (κ2) is 6.95. The topological polar surface area (TPSA) is 52.0 Å². The summed E-state index contributed by atoms with van der Waals surface area (Å²) in [5.41, 5.74) is 12.5. The third-order valence-corrected chi connectivity index (χ3v) is 4.41. The quantitative estimate of drug-likeness (QED) is 0.648. The molecular weight excluding hydrogens is 219 g/mol. The minimum absolute atomic E-state index is 0.0448. The van der Waals surface area contributed by atoms with Crippen molar-refractivity contribution in [2.45, 2.75) is 95.0 Å². The van der Waals surface area contributed by atoms with Gasteiger partial charge in [0.25, 0.3) is 0 Å². The van der Waals surface area contributed by atoms with Gasteiger partial charge in [-0.2, -0.15) is 0 Å². The summed E-state index contributed by atoms with van der Waals surface area (Å²) in [6.45, 7) is 4.34. The molecule has 0 amide bonds. The maximum atomic E-state index is 6.37. The first-order valence-corrected chi connectivity index (χ1v) is 7.64. The largest absolute Gasteiger partial charge is 0.328 e. The minimum Gasteiger partial charge on any atom is -0.328 e. The van der Waals surface area contributed by atoms with Gasteiger partial charge in [0, 0.05) is 11.6 Å². The molecule has 104 valence electrons. The van der Waals surface area contributed by atoms with E-state index in [9.17, 15) is 0 Å². The molecule has 3 unspecified atom stereocenters. The summed E-state index contributed by atoms with van der Waals surface area (Å²) in [7, 11) is 6.37. The van der Waals surface area contributed by atoms with Gasteiger partial charge in [0.05, 0.1) is 7.85 Å². The average Bonchev–Trinajstić information content (AvgIpc) is 2.26. The third-order valence-electron chi connectivity index (χ3n) is 4.41. The Morgan fingerprint density at radius 1 is 0.889 bits per heavy atom. The summed E-state index contributed by atoms with van der Waals surface area (Å²) in [5.74, 6) is 0. The van der Waals surface area contributed by atoms with Crippen LogP contribution in [0, 0.1) is 0 Å². The van der Waals surface area contributed by atoms with E-state index in [0.717, 1.165) is 44.9 Å². The van der Waals surface area contributed by atoms with Gasteiger partial charge in [-0.1, -0.05) is 50.8 Å². The smallest absolute Gasteiger partial charge is 0.0742 e. The SMILES string of the molecule is [B]C1(C)CCCC(N)CCCCCC(C)(N)CC1. The Morgan fingerprint density at radius 2 is 1.56 bits per heavy atom. The molecule has 0 saturated heterocycles. The van der Waals surface area contributed by atoms with Gasteiger partial charge in [0.2, 0.25) is 0 Å². The van der Waals surface area contributed by atoms with Crippen molar-refractivity contribution in [1.82, 2.24) is 0 Å². The fourth-order valence-electron chi connectivity index (χ4n) is 2.85. The lowest BCUT2D eigenvalue weighted by molar-refractivity contribution is 0.342. The molecule has 0 aliphatic heterocycles. The molecule has 1 saturated carbocycles. The molecule has 3 heteroatoms. The minimum atomic E-state index is -0.0750. The average molecular weight is 250 g/mol. The summed E-state index contributed by atoms with van der Waals surface area (Å²) in [5, 5.41) is -0.0750. The van der Waals surface area contributed by atoms with Gasteiger partial charge in [-0.05, 0) is 32.6 Å². The Morgan fingerprint density at radius 3 is 2.28 bits per heavy atom. The van der Waals surface area contributed by atoms with E-state index >= 15 is 0 Å². The van der Waals surface area contributed by atoms with Crippen LogP contribution in [0.4, 0.5) is 0 Å². The molecule has 1 rings (SSSR count). The van der Waals surface area contributed by atoms with Crippen LogP contribution in [0.1, 0.15) is 78.1 Å². The van der Waals surface area contributed by atoms with Crippen molar-refractivity contribution in [2.24, 2.45) is 11.5 Å². The van der Waals surface area contributed by atoms with E-state index < -0.39 is 0 Å². The standard InChI is InChI=1S/C15H31BN2/c1-14(16)9-6-8-13(17)7-4-3-5-10-15(2,18)12-11-14/h13H,3-12,17-18H2,1-2H3. The Bertz CT molecular complexity index is 239. The van der Waals surface area contributed by atoms with Crippen LogP contribution >= 0.6 is 0 Å². The molecule has 4 N–H and O–H groups in total. The first-order chi connectivity index (χ1) is 8.31. The Balaban J connectivity index is 2.53. The van der Waals surface area contributed by atoms with Crippen LogP contribution in [-0.2, 0) is 0 Å². The number of nitrogens with two attached hydrogens (primary N) is 2. The molecule has 2 nitrogen and oxygen atoms in total. The van der Waals surface area contributed by atoms with Gasteiger partial charge >= 0.3 is 0 Å². The highest BCUT2D eigenvalue weighted by molar-refractivity contribution is 6.14. The van der Waals surface area contributed by atoms with E-state index in [4.69, 9.17) is 19.3 Å². The first-order valence-electron chi connectivity index (χ1n) is 7.64. The Labute approximate surface area is 115 Å². The molecule has 0 heterocycles. The molecule has 0 bridgehead atoms. The van der Waals surface area contributed by atoms with Crippen LogP contribution in [-0.4, -0.2) is 19.4 Å². The molecule has 1 fully saturated rings. The van der Waals surface area contributed by atoms with Gasteiger partial charge in [-0.3, -0.25) is 0 Å². The number of hydrogen-bond donors (Lipinski definition) is 2. The summed E-state index contributed by atoms with van der Waals surface area (Å²) >= 11 is 0. The van der Waals surface area contributed by atoms with Crippen molar-refractivity contribution in [2.75, 3.05) is 0 Å². The molecule has 1 aliphatic rings. The highest BCUT2D eigenvalue weighted by atomic mass is 14.7. The fourth-order valence-corrected chi connectivity index (χ4v) is 2.85. The van der Waals surface area contributed by atoms with Crippen molar-refractivity contribution in [3.63, 3.8) is 0 Å². The van der Waals surface area contributed by atoms with Crippen LogP contribution in [0.5, 0.6) is 0 Å². The highest BCUT2D eigenvalue weighted by Crippen LogP contribution is 2.36. The van der Waals surface area contributed by atoms with Crippen molar-refractivity contribution >= 4 is 7.85 Å². The van der Waals surface area contributed by atoms with Crippen LogP contribution < -0.4 is 11.5 Å². The van der Waals surface area contributed by atoms with Crippen LogP contribution in [0.25, 0.3) is 0 Å². The Hall–Kier alpha value is -0.0151. The zero-order valence-electron chi connectivity index (χ0n) is 12.4. The predicted molar refractivity (Wildman–Crippen MR) is 80.9 cm³/mol. The van der Waals surface area contributed by atoms with E-state index in [1.165, 1.54) is 19.3 Å². The lowest BCUT2D eigenvalue weighted by Crippen LogP contribution is -2.36. The maximum absolute atomic E-state index is 6.37. The molecule has 0 aromatic heterocycles. The zero-order valence-corrected chi connectivity index (χ0v) is 12.4. The van der Waals surface area contributed by atoms with E-state index in [1.807, 2.05) is 0 Å². The Kier molecular flexibility index (Phi) is 6.20. The van der Waals surface area contributed by atoms with Crippen molar-refractivity contribution in [3.05, 3.63) is 0 Å². The molecule has 0 spiro atoms. The van der Waals surface area contributed by atoms with Gasteiger partial charge in [0.15, 0.2) is 0 Å². The van der Waals surface area contributed by atoms with E-state index in [0.29, 0.717) is 6.04 Å². The molecule has 2 radical (unpaired) electrons. The summed E-state index contributed by atoms with van der Waals surface area (Å²) in [6, 6.07) is 0.366. The first kappa shape index (κ1) is 16.0. The normalized spacial score (nSPS) is 41.4. The van der Waals surface area contributed by atoms with Gasteiger partial charge < -0.3 is 11.5 Å². The van der Waals surface area contributed by atoms with Crippen LogP contribution in [0.15, 0.2) is 0 Å². The van der Waals surface area contributed by atoms with Crippen molar-refractivity contribution < 1.29 is 0 Å². The van der Waals surface area contributed by atoms with Crippen molar-refractivity contribution in [3.8, 4) is 0 Å². The molecule has 1 aliphatic carbocycles. The maximum Gasteiger partial charge on any atom is 0.0742 e. The van der Waals surface area contributed by atoms with Gasteiger partial charge in [-0.15, -0.1) is 0 Å². The van der Waals surface area contributed by atoms with Crippen LogP contribution in [0.3, 0.4) is 0 Å². The monoisotopic (exact) mass is 250 g/mol. The fraction of sp³-hybridized carbons (Fsp3) is 1.00. The molecule has 0 aromatic rings. The van der Waals surface area contributed by atoms with E-state index in [1.54, 1.807) is 0 Å². The second-order valence-corrected chi connectivity index (χ2v) is 7.06. The number of rotatable bonds is 0. The summed E-state index contributed by atoms with van der Waals surface area (Å²) < 4.78 is 0. The van der Waals surface area contributed by atoms with E-state index in [-0.39, 0.29) is 10.9 Å².